The molecule has 3 nitrogen and oxygen atoms in total. The summed E-state index contributed by atoms with van der Waals surface area (Å²) in [6, 6.07) is 78.2. The molecule has 0 fully saturated rings. The molecule has 0 aliphatic rings. The molecule has 3 heteroatoms. The van der Waals surface area contributed by atoms with E-state index in [2.05, 4.69) is 215 Å². The lowest BCUT2D eigenvalue weighted by Crippen LogP contribution is -2.10. The quantitative estimate of drug-likeness (QED) is 0.170. The molecule has 55 heavy (non-hydrogen) atoms. The van der Waals surface area contributed by atoms with Gasteiger partial charge in [0.05, 0.1) is 16.7 Å². The molecule has 0 saturated heterocycles. The highest BCUT2D eigenvalue weighted by atomic mass is 15.1. The predicted molar refractivity (Wildman–Crippen MR) is 234 cm³/mol. The zero-order valence-corrected chi connectivity index (χ0v) is 30.2. The number of para-hydroxylation sites is 3. The van der Waals surface area contributed by atoms with Gasteiger partial charge in [0.2, 0.25) is 0 Å². The largest absolute Gasteiger partial charge is 0.356 e. The van der Waals surface area contributed by atoms with E-state index < -0.39 is 0 Å². The first-order chi connectivity index (χ1) is 27.3. The number of rotatable bonds is 8. The number of aromatic nitrogens is 1. The van der Waals surface area contributed by atoms with Gasteiger partial charge in [-0.15, -0.1) is 0 Å². The molecule has 0 amide bonds. The fraction of sp³-hybridized carbons (Fsp3) is 0. The zero-order chi connectivity index (χ0) is 36.6. The summed E-state index contributed by atoms with van der Waals surface area (Å²) < 4.78 is 2.44. The minimum atomic E-state index is 1.06. The van der Waals surface area contributed by atoms with Crippen molar-refractivity contribution in [3.05, 3.63) is 218 Å². The molecule has 0 unspecified atom stereocenters. The van der Waals surface area contributed by atoms with Crippen molar-refractivity contribution in [2.75, 3.05) is 10.2 Å². The Hall–Kier alpha value is -7.36. The minimum absolute atomic E-state index is 1.06. The summed E-state index contributed by atoms with van der Waals surface area (Å²) in [7, 11) is 0. The minimum Gasteiger partial charge on any atom is -0.356 e. The van der Waals surface area contributed by atoms with Crippen LogP contribution in [0.25, 0.3) is 60.5 Å². The second-order valence-electron chi connectivity index (χ2n) is 13.9. The average Bonchev–Trinajstić information content (AvgIpc) is 3.60. The van der Waals surface area contributed by atoms with Crippen molar-refractivity contribution in [1.29, 1.82) is 0 Å². The van der Waals surface area contributed by atoms with Gasteiger partial charge in [0.25, 0.3) is 0 Å². The maximum absolute atomic E-state index is 3.49. The first-order valence-corrected chi connectivity index (χ1v) is 18.8. The monoisotopic (exact) mass is 703 g/mol. The van der Waals surface area contributed by atoms with E-state index in [4.69, 9.17) is 0 Å². The Morgan fingerprint density at radius 3 is 1.49 bits per heavy atom. The van der Waals surface area contributed by atoms with Gasteiger partial charge in [0, 0.05) is 50.0 Å². The van der Waals surface area contributed by atoms with Crippen LogP contribution in [-0.4, -0.2) is 4.57 Å². The highest BCUT2D eigenvalue weighted by molar-refractivity contribution is 6.22. The van der Waals surface area contributed by atoms with Crippen LogP contribution in [0.15, 0.2) is 218 Å². The number of hydrogen-bond donors (Lipinski definition) is 1. The van der Waals surface area contributed by atoms with Crippen molar-refractivity contribution >= 4 is 61.0 Å². The van der Waals surface area contributed by atoms with Crippen LogP contribution in [-0.2, 0) is 0 Å². The van der Waals surface area contributed by atoms with Gasteiger partial charge in [-0.25, -0.2) is 0 Å². The zero-order valence-electron chi connectivity index (χ0n) is 30.2. The molecule has 0 spiro atoms. The van der Waals surface area contributed by atoms with Gasteiger partial charge in [-0.05, 0) is 95.1 Å². The SMILES string of the molecule is c1ccc(Nc2ccc(-c3ccc(N(c4ccccc4)c4cc5c6ccccc6n(-c6ccc(-c7ccccc7)cc6)c5c5ccccc45)cc3)cc2)cc1. The lowest BCUT2D eigenvalue weighted by molar-refractivity contribution is 1.19. The van der Waals surface area contributed by atoms with Crippen molar-refractivity contribution in [1.82, 2.24) is 4.57 Å². The van der Waals surface area contributed by atoms with E-state index in [1.807, 2.05) is 18.2 Å². The third-order valence-electron chi connectivity index (χ3n) is 10.5. The topological polar surface area (TPSA) is 20.2 Å². The number of benzene rings is 9. The van der Waals surface area contributed by atoms with Crippen molar-refractivity contribution in [2.24, 2.45) is 0 Å². The molecule has 10 aromatic rings. The molecule has 1 aromatic heterocycles. The molecule has 0 saturated carbocycles. The van der Waals surface area contributed by atoms with Gasteiger partial charge in [-0.2, -0.15) is 0 Å². The number of hydrogen-bond acceptors (Lipinski definition) is 2. The Bertz CT molecular complexity index is 2900. The molecule has 0 bridgehead atoms. The smallest absolute Gasteiger partial charge is 0.0621 e. The van der Waals surface area contributed by atoms with Gasteiger partial charge in [0.1, 0.15) is 0 Å². The normalized spacial score (nSPS) is 11.3. The Labute approximate surface area is 321 Å². The van der Waals surface area contributed by atoms with E-state index >= 15 is 0 Å². The molecular weight excluding hydrogens is 667 g/mol. The van der Waals surface area contributed by atoms with E-state index in [1.165, 1.54) is 54.8 Å². The highest BCUT2D eigenvalue weighted by Crippen LogP contribution is 2.45. The highest BCUT2D eigenvalue weighted by Gasteiger charge is 2.22. The van der Waals surface area contributed by atoms with Crippen LogP contribution in [0.4, 0.5) is 28.4 Å². The van der Waals surface area contributed by atoms with Crippen molar-refractivity contribution in [3.8, 4) is 27.9 Å². The van der Waals surface area contributed by atoms with Crippen molar-refractivity contribution in [2.45, 2.75) is 0 Å². The van der Waals surface area contributed by atoms with E-state index in [0.29, 0.717) is 0 Å². The lowest BCUT2D eigenvalue weighted by Gasteiger charge is -2.27. The number of nitrogens with one attached hydrogen (secondary N) is 1. The predicted octanol–water partition coefficient (Wildman–Crippen LogP) is 14.5. The van der Waals surface area contributed by atoms with Gasteiger partial charge in [-0.3, -0.25) is 0 Å². The Balaban J connectivity index is 1.10. The first-order valence-electron chi connectivity index (χ1n) is 18.8. The van der Waals surface area contributed by atoms with Crippen molar-refractivity contribution < 1.29 is 0 Å². The molecule has 0 aliphatic heterocycles. The molecule has 10 rings (SSSR count). The van der Waals surface area contributed by atoms with Gasteiger partial charge in [0.15, 0.2) is 0 Å². The van der Waals surface area contributed by atoms with Crippen LogP contribution in [0.3, 0.4) is 0 Å². The van der Waals surface area contributed by atoms with Crippen LogP contribution in [0, 0.1) is 0 Å². The molecule has 0 radical (unpaired) electrons. The Morgan fingerprint density at radius 1 is 0.345 bits per heavy atom. The molecule has 1 N–H and O–H groups in total. The van der Waals surface area contributed by atoms with Gasteiger partial charge in [-0.1, -0.05) is 146 Å². The van der Waals surface area contributed by atoms with Crippen molar-refractivity contribution in [3.63, 3.8) is 0 Å². The second-order valence-corrected chi connectivity index (χ2v) is 13.9. The van der Waals surface area contributed by atoms with Crippen LogP contribution in [0.1, 0.15) is 0 Å². The Kier molecular flexibility index (Phi) is 8.16. The van der Waals surface area contributed by atoms with E-state index in [9.17, 15) is 0 Å². The molecular formula is C52H37N3. The summed E-state index contributed by atoms with van der Waals surface area (Å²) in [5, 5.41) is 8.34. The van der Waals surface area contributed by atoms with Crippen LogP contribution in [0.2, 0.25) is 0 Å². The van der Waals surface area contributed by atoms with E-state index in [-0.39, 0.29) is 0 Å². The lowest BCUT2D eigenvalue weighted by atomic mass is 10.0. The molecule has 0 aliphatic carbocycles. The third-order valence-corrected chi connectivity index (χ3v) is 10.5. The summed E-state index contributed by atoms with van der Waals surface area (Å²) >= 11 is 0. The third kappa shape index (κ3) is 5.98. The fourth-order valence-electron chi connectivity index (χ4n) is 7.93. The number of fused-ring (bicyclic) bond motifs is 5. The van der Waals surface area contributed by atoms with Crippen LogP contribution in [0.5, 0.6) is 0 Å². The molecule has 1 heterocycles. The summed E-state index contributed by atoms with van der Waals surface area (Å²) in [6.45, 7) is 0. The standard InChI is InChI=1S/C52H37N3/c1-4-14-37(15-5-1)39-28-34-45(35-29-39)55-50-23-13-12-21-47(50)49-36-51(46-20-10-11-22-48(46)52(49)55)54(43-18-8-3-9-19-43)44-32-26-40(27-33-44)38-24-30-42(31-25-38)53-41-16-6-2-7-17-41/h1-36,53H. The number of anilines is 5. The van der Waals surface area contributed by atoms with Crippen LogP contribution < -0.4 is 10.2 Å². The second kappa shape index (κ2) is 13.9. The molecule has 0 atom stereocenters. The maximum atomic E-state index is 3.49. The van der Waals surface area contributed by atoms with Gasteiger partial charge < -0.3 is 14.8 Å². The van der Waals surface area contributed by atoms with Crippen LogP contribution >= 0.6 is 0 Å². The summed E-state index contributed by atoms with van der Waals surface area (Å²) in [6.07, 6.45) is 0. The average molecular weight is 704 g/mol. The fourth-order valence-corrected chi connectivity index (χ4v) is 7.93. The van der Waals surface area contributed by atoms with E-state index in [1.54, 1.807) is 0 Å². The maximum Gasteiger partial charge on any atom is 0.0621 e. The van der Waals surface area contributed by atoms with E-state index in [0.717, 1.165) is 34.1 Å². The molecule has 9 aromatic carbocycles. The van der Waals surface area contributed by atoms with Gasteiger partial charge >= 0.3 is 0 Å². The summed E-state index contributed by atoms with van der Waals surface area (Å²) in [5.74, 6) is 0. The molecule has 260 valence electrons. The Morgan fingerprint density at radius 2 is 0.818 bits per heavy atom. The number of nitrogens with zero attached hydrogens (tertiary/aromatic N) is 2. The first kappa shape index (κ1) is 32.3. The summed E-state index contributed by atoms with van der Waals surface area (Å²) in [5.41, 5.74) is 13.8. The summed E-state index contributed by atoms with van der Waals surface area (Å²) in [4.78, 5) is 2.40.